The molecule has 0 aliphatic rings. The quantitative estimate of drug-likeness (QED) is 0.786. The molecule has 0 saturated carbocycles. The van der Waals surface area contributed by atoms with Gasteiger partial charge in [0.2, 0.25) is 0 Å². The Morgan fingerprint density at radius 3 is 2.35 bits per heavy atom. The Balaban J connectivity index is 2.12. The maximum atomic E-state index is 11.8. The van der Waals surface area contributed by atoms with E-state index in [4.69, 9.17) is 21.1 Å². The van der Waals surface area contributed by atoms with Crippen LogP contribution in [0.5, 0.6) is 0 Å². The van der Waals surface area contributed by atoms with Gasteiger partial charge in [-0.3, -0.25) is 0 Å². The summed E-state index contributed by atoms with van der Waals surface area (Å²) in [5, 5.41) is 0.612. The molecular weight excluding hydrogens is 276 g/mol. The minimum atomic E-state index is -0.752. The van der Waals surface area contributed by atoms with Crippen molar-refractivity contribution in [1.29, 1.82) is 0 Å². The first kappa shape index (κ1) is 14.6. The van der Waals surface area contributed by atoms with Crippen molar-refractivity contribution in [2.45, 2.75) is 12.7 Å². The van der Waals surface area contributed by atoms with Crippen molar-refractivity contribution < 1.29 is 14.3 Å². The second kappa shape index (κ2) is 7.08. The Labute approximate surface area is 123 Å². The average Bonchev–Trinajstić information content (AvgIpc) is 2.50. The number of hydrogen-bond donors (Lipinski definition) is 0. The first-order chi connectivity index (χ1) is 9.70. The van der Waals surface area contributed by atoms with Gasteiger partial charge in [-0.1, -0.05) is 54.1 Å². The summed E-state index contributed by atoms with van der Waals surface area (Å²) in [7, 11) is 1.34. The van der Waals surface area contributed by atoms with Crippen LogP contribution in [0, 0.1) is 0 Å². The van der Waals surface area contributed by atoms with Crippen LogP contribution in [0.15, 0.2) is 54.6 Å². The number of methoxy groups -OCH3 is 1. The summed E-state index contributed by atoms with van der Waals surface area (Å²) >= 11 is 5.85. The third-order valence-corrected chi connectivity index (χ3v) is 3.10. The summed E-state index contributed by atoms with van der Waals surface area (Å²) in [5.41, 5.74) is 1.72. The molecule has 2 aromatic carbocycles. The molecule has 1 unspecified atom stereocenters. The fourth-order valence-electron chi connectivity index (χ4n) is 1.80. The van der Waals surface area contributed by atoms with E-state index in [0.717, 1.165) is 11.1 Å². The molecule has 20 heavy (non-hydrogen) atoms. The van der Waals surface area contributed by atoms with Crippen molar-refractivity contribution in [1.82, 2.24) is 0 Å². The topological polar surface area (TPSA) is 35.5 Å². The summed E-state index contributed by atoms with van der Waals surface area (Å²) in [6, 6.07) is 16.6. The van der Waals surface area contributed by atoms with Crippen molar-refractivity contribution in [3.05, 3.63) is 70.7 Å². The molecule has 4 heteroatoms. The van der Waals surface area contributed by atoms with E-state index in [0.29, 0.717) is 11.6 Å². The van der Waals surface area contributed by atoms with Crippen LogP contribution in [-0.2, 0) is 20.9 Å². The number of carbonyl (C=O) groups is 1. The Morgan fingerprint density at radius 1 is 1.10 bits per heavy atom. The number of rotatable bonds is 5. The fourth-order valence-corrected chi connectivity index (χ4v) is 1.92. The van der Waals surface area contributed by atoms with Crippen molar-refractivity contribution in [3.8, 4) is 0 Å². The van der Waals surface area contributed by atoms with Gasteiger partial charge in [0.25, 0.3) is 0 Å². The molecule has 2 rings (SSSR count). The molecule has 0 aromatic heterocycles. The molecule has 3 nitrogen and oxygen atoms in total. The molecule has 104 valence electrons. The fraction of sp³-hybridized carbons (Fsp3) is 0.188. The number of benzene rings is 2. The van der Waals surface area contributed by atoms with Gasteiger partial charge in [0, 0.05) is 5.02 Å². The molecular formula is C16H15ClO3. The summed E-state index contributed by atoms with van der Waals surface area (Å²) in [4.78, 5) is 11.8. The average molecular weight is 291 g/mol. The zero-order chi connectivity index (χ0) is 14.4. The van der Waals surface area contributed by atoms with Crippen LogP contribution < -0.4 is 0 Å². The lowest BCUT2D eigenvalue weighted by Gasteiger charge is -2.16. The maximum Gasteiger partial charge on any atom is 0.339 e. The minimum Gasteiger partial charge on any atom is -0.467 e. The van der Waals surface area contributed by atoms with Crippen LogP contribution in [0.4, 0.5) is 0 Å². The van der Waals surface area contributed by atoms with Gasteiger partial charge in [0.15, 0.2) is 6.10 Å². The first-order valence-corrected chi connectivity index (χ1v) is 6.57. The second-order valence-corrected chi connectivity index (χ2v) is 4.69. The number of hydrogen-bond acceptors (Lipinski definition) is 3. The van der Waals surface area contributed by atoms with Gasteiger partial charge in [-0.15, -0.1) is 0 Å². The summed E-state index contributed by atoms with van der Waals surface area (Å²) in [6.45, 7) is 0.337. The number of esters is 1. The summed E-state index contributed by atoms with van der Waals surface area (Å²) in [5.74, 6) is -0.428. The highest BCUT2D eigenvalue weighted by atomic mass is 35.5. The van der Waals surface area contributed by atoms with E-state index < -0.39 is 12.1 Å². The van der Waals surface area contributed by atoms with E-state index >= 15 is 0 Å². The van der Waals surface area contributed by atoms with Crippen LogP contribution >= 0.6 is 11.6 Å². The van der Waals surface area contributed by atoms with Gasteiger partial charge in [-0.2, -0.15) is 0 Å². The first-order valence-electron chi connectivity index (χ1n) is 6.19. The zero-order valence-corrected chi connectivity index (χ0v) is 11.8. The molecule has 0 saturated heterocycles. The highest BCUT2D eigenvalue weighted by Gasteiger charge is 2.22. The maximum absolute atomic E-state index is 11.8. The predicted molar refractivity (Wildman–Crippen MR) is 77.4 cm³/mol. The molecule has 0 aliphatic heterocycles. The van der Waals surface area contributed by atoms with Crippen molar-refractivity contribution in [2.75, 3.05) is 7.11 Å². The van der Waals surface area contributed by atoms with Crippen LogP contribution in [0.2, 0.25) is 5.02 Å². The normalized spacial score (nSPS) is 11.9. The molecule has 0 heterocycles. The molecule has 0 amide bonds. The Bertz CT molecular complexity index is 552. The Morgan fingerprint density at radius 2 is 1.75 bits per heavy atom. The van der Waals surface area contributed by atoms with E-state index in [1.54, 1.807) is 24.3 Å². The third-order valence-electron chi connectivity index (χ3n) is 2.85. The Kier molecular flexibility index (Phi) is 5.16. The van der Waals surface area contributed by atoms with Gasteiger partial charge < -0.3 is 9.47 Å². The van der Waals surface area contributed by atoms with Crippen molar-refractivity contribution in [3.63, 3.8) is 0 Å². The predicted octanol–water partition coefficient (Wildman–Crippen LogP) is 3.77. The smallest absolute Gasteiger partial charge is 0.339 e. The van der Waals surface area contributed by atoms with Crippen LogP contribution in [0.25, 0.3) is 0 Å². The number of carbonyl (C=O) groups excluding carboxylic acids is 1. The largest absolute Gasteiger partial charge is 0.467 e. The zero-order valence-electron chi connectivity index (χ0n) is 11.1. The van der Waals surface area contributed by atoms with Crippen LogP contribution in [0.1, 0.15) is 17.2 Å². The van der Waals surface area contributed by atoms with Gasteiger partial charge in [-0.25, -0.2) is 4.79 Å². The van der Waals surface area contributed by atoms with Crippen LogP contribution in [0.3, 0.4) is 0 Å². The van der Waals surface area contributed by atoms with Gasteiger partial charge >= 0.3 is 5.97 Å². The molecule has 0 aliphatic carbocycles. The van der Waals surface area contributed by atoms with Crippen molar-refractivity contribution >= 4 is 17.6 Å². The van der Waals surface area contributed by atoms with E-state index in [2.05, 4.69) is 0 Å². The van der Waals surface area contributed by atoms with Crippen LogP contribution in [-0.4, -0.2) is 13.1 Å². The Hall–Kier alpha value is -1.84. The molecule has 0 spiro atoms. The SMILES string of the molecule is COC(=O)C(OCc1ccccc1)c1ccc(Cl)cc1. The van der Waals surface area contributed by atoms with Gasteiger partial charge in [-0.05, 0) is 23.3 Å². The second-order valence-electron chi connectivity index (χ2n) is 4.25. The highest BCUT2D eigenvalue weighted by molar-refractivity contribution is 6.30. The van der Waals surface area contributed by atoms with E-state index in [9.17, 15) is 4.79 Å². The lowest BCUT2D eigenvalue weighted by atomic mass is 10.1. The lowest BCUT2D eigenvalue weighted by molar-refractivity contribution is -0.155. The molecule has 0 N–H and O–H groups in total. The summed E-state index contributed by atoms with van der Waals surface area (Å²) < 4.78 is 10.5. The van der Waals surface area contributed by atoms with E-state index in [1.807, 2.05) is 30.3 Å². The molecule has 2 aromatic rings. The molecule has 1 atom stereocenters. The highest BCUT2D eigenvalue weighted by Crippen LogP contribution is 2.22. The lowest BCUT2D eigenvalue weighted by Crippen LogP contribution is -2.17. The van der Waals surface area contributed by atoms with E-state index in [1.165, 1.54) is 7.11 Å². The van der Waals surface area contributed by atoms with Crippen molar-refractivity contribution in [2.24, 2.45) is 0 Å². The third kappa shape index (κ3) is 3.83. The molecule has 0 fully saturated rings. The number of halogens is 1. The van der Waals surface area contributed by atoms with E-state index in [-0.39, 0.29) is 0 Å². The monoisotopic (exact) mass is 290 g/mol. The van der Waals surface area contributed by atoms with Gasteiger partial charge in [0.05, 0.1) is 13.7 Å². The molecule has 0 radical (unpaired) electrons. The summed E-state index contributed by atoms with van der Waals surface area (Å²) in [6.07, 6.45) is -0.752. The molecule has 0 bridgehead atoms. The standard InChI is InChI=1S/C16H15ClO3/c1-19-16(18)15(13-7-9-14(17)10-8-13)20-11-12-5-3-2-4-6-12/h2-10,15H,11H2,1H3. The van der Waals surface area contributed by atoms with Gasteiger partial charge in [0.1, 0.15) is 0 Å². The number of ether oxygens (including phenoxy) is 2. The minimum absolute atomic E-state index is 0.337.